The number of ether oxygens (including phenoxy) is 2. The summed E-state index contributed by atoms with van der Waals surface area (Å²) in [4.78, 5) is 13.8. The highest BCUT2D eigenvalue weighted by Gasteiger charge is 2.29. The zero-order valence-electron chi connectivity index (χ0n) is 14.0. The van der Waals surface area contributed by atoms with Crippen LogP contribution in [0.1, 0.15) is 32.4 Å². The number of anilines is 1. The van der Waals surface area contributed by atoms with Crippen LogP contribution in [0.3, 0.4) is 0 Å². The summed E-state index contributed by atoms with van der Waals surface area (Å²) in [6, 6.07) is 2.47. The lowest BCUT2D eigenvalue weighted by atomic mass is 10.0. The lowest BCUT2D eigenvalue weighted by Crippen LogP contribution is -2.49. The molecule has 1 atom stereocenters. The second kappa shape index (κ2) is 6.62. The Hall–Kier alpha value is -2.02. The molecule has 1 saturated heterocycles. The van der Waals surface area contributed by atoms with Crippen LogP contribution in [0.25, 0.3) is 0 Å². The predicted octanol–water partition coefficient (Wildman–Crippen LogP) is 2.30. The summed E-state index contributed by atoms with van der Waals surface area (Å²) >= 11 is 0. The molecule has 7 heteroatoms. The number of hydrogen-bond acceptors (Lipinski definition) is 5. The molecule has 1 aromatic carbocycles. The van der Waals surface area contributed by atoms with E-state index in [9.17, 15) is 9.18 Å². The van der Waals surface area contributed by atoms with Gasteiger partial charge in [-0.25, -0.2) is 9.18 Å². The Labute approximate surface area is 135 Å². The van der Waals surface area contributed by atoms with Crippen LogP contribution in [0.5, 0.6) is 5.75 Å². The fourth-order valence-electron chi connectivity index (χ4n) is 2.48. The van der Waals surface area contributed by atoms with Gasteiger partial charge in [0.25, 0.3) is 0 Å². The van der Waals surface area contributed by atoms with E-state index in [4.69, 9.17) is 15.2 Å². The molecule has 0 aromatic heterocycles. The molecule has 1 aliphatic rings. The second-order valence-corrected chi connectivity index (χ2v) is 6.55. The van der Waals surface area contributed by atoms with Gasteiger partial charge in [-0.1, -0.05) is 0 Å². The Kier molecular flexibility index (Phi) is 4.99. The maximum atomic E-state index is 14.2. The van der Waals surface area contributed by atoms with Crippen molar-refractivity contribution in [1.29, 1.82) is 0 Å². The van der Waals surface area contributed by atoms with E-state index in [0.29, 0.717) is 30.9 Å². The van der Waals surface area contributed by atoms with Gasteiger partial charge in [0.05, 0.1) is 18.8 Å². The summed E-state index contributed by atoms with van der Waals surface area (Å²) in [6.45, 7) is 6.83. The first-order chi connectivity index (χ1) is 10.7. The summed E-state index contributed by atoms with van der Waals surface area (Å²) in [7, 11) is 1.48. The minimum Gasteiger partial charge on any atom is -0.495 e. The number of nitrogens with zero attached hydrogens (tertiary/aromatic N) is 1. The van der Waals surface area contributed by atoms with Crippen molar-refractivity contribution >= 4 is 11.8 Å². The number of amides is 1. The van der Waals surface area contributed by atoms with Gasteiger partial charge >= 0.3 is 6.09 Å². The molecule has 0 saturated carbocycles. The number of piperazine rings is 1. The zero-order valence-corrected chi connectivity index (χ0v) is 14.0. The van der Waals surface area contributed by atoms with Crippen LogP contribution < -0.4 is 15.8 Å². The number of carbonyl (C=O) groups is 1. The minimum atomic E-state index is -0.562. The molecule has 1 amide bonds. The summed E-state index contributed by atoms with van der Waals surface area (Å²) in [5, 5.41) is 3.21. The molecule has 3 N–H and O–H groups in total. The van der Waals surface area contributed by atoms with Gasteiger partial charge in [0.15, 0.2) is 0 Å². The van der Waals surface area contributed by atoms with Crippen molar-refractivity contribution in [3.05, 3.63) is 23.5 Å². The monoisotopic (exact) mass is 325 g/mol. The van der Waals surface area contributed by atoms with Crippen molar-refractivity contribution in [2.24, 2.45) is 0 Å². The molecule has 128 valence electrons. The smallest absolute Gasteiger partial charge is 0.410 e. The van der Waals surface area contributed by atoms with E-state index >= 15 is 0 Å². The number of nitrogens with two attached hydrogens (primary N) is 1. The molecular formula is C16H24FN3O3. The third-order valence-corrected chi connectivity index (χ3v) is 3.55. The highest BCUT2D eigenvalue weighted by Crippen LogP contribution is 2.30. The van der Waals surface area contributed by atoms with E-state index in [2.05, 4.69) is 5.32 Å². The Morgan fingerprint density at radius 2 is 2.13 bits per heavy atom. The summed E-state index contributed by atoms with van der Waals surface area (Å²) < 4.78 is 24.8. The number of halogens is 1. The van der Waals surface area contributed by atoms with Crippen LogP contribution in [0, 0.1) is 5.82 Å². The Balaban J connectivity index is 2.17. The van der Waals surface area contributed by atoms with Gasteiger partial charge in [-0.05, 0) is 26.8 Å². The first-order valence-corrected chi connectivity index (χ1v) is 7.55. The van der Waals surface area contributed by atoms with Gasteiger partial charge in [-0.3, -0.25) is 0 Å². The molecule has 1 aromatic rings. The lowest BCUT2D eigenvalue weighted by molar-refractivity contribution is 0.0194. The first-order valence-electron chi connectivity index (χ1n) is 7.55. The summed E-state index contributed by atoms with van der Waals surface area (Å²) in [5.41, 5.74) is 5.81. The van der Waals surface area contributed by atoms with E-state index in [1.165, 1.54) is 13.2 Å². The van der Waals surface area contributed by atoms with Crippen molar-refractivity contribution in [2.45, 2.75) is 32.4 Å². The Bertz CT molecular complexity index is 587. The SMILES string of the molecule is COc1cc(C2CN(C(=O)OC(C)(C)C)CCN2)c(F)cc1N. The maximum Gasteiger partial charge on any atom is 0.410 e. The number of nitrogen functional groups attached to an aromatic ring is 1. The molecular weight excluding hydrogens is 301 g/mol. The molecule has 0 aliphatic carbocycles. The van der Waals surface area contributed by atoms with Crippen molar-refractivity contribution in [2.75, 3.05) is 32.5 Å². The van der Waals surface area contributed by atoms with Crippen molar-refractivity contribution < 1.29 is 18.7 Å². The third-order valence-electron chi connectivity index (χ3n) is 3.55. The number of benzene rings is 1. The van der Waals surface area contributed by atoms with Crippen molar-refractivity contribution in [3.8, 4) is 5.75 Å². The fraction of sp³-hybridized carbons (Fsp3) is 0.562. The van der Waals surface area contributed by atoms with E-state index in [1.54, 1.807) is 11.0 Å². The fourth-order valence-corrected chi connectivity index (χ4v) is 2.48. The van der Waals surface area contributed by atoms with E-state index in [0.717, 1.165) is 0 Å². The molecule has 0 spiro atoms. The van der Waals surface area contributed by atoms with Crippen LogP contribution >= 0.6 is 0 Å². The number of carbonyl (C=O) groups excluding carboxylic acids is 1. The summed E-state index contributed by atoms with van der Waals surface area (Å²) in [5.74, 6) is -0.00979. The highest BCUT2D eigenvalue weighted by molar-refractivity contribution is 5.68. The number of methoxy groups -OCH3 is 1. The van der Waals surface area contributed by atoms with E-state index in [1.807, 2.05) is 20.8 Å². The van der Waals surface area contributed by atoms with Gasteiger partial charge in [0, 0.05) is 31.3 Å². The Morgan fingerprint density at radius 1 is 1.43 bits per heavy atom. The van der Waals surface area contributed by atoms with Crippen molar-refractivity contribution in [3.63, 3.8) is 0 Å². The van der Waals surface area contributed by atoms with Gasteiger partial charge in [0.2, 0.25) is 0 Å². The molecule has 6 nitrogen and oxygen atoms in total. The zero-order chi connectivity index (χ0) is 17.2. The molecule has 1 aliphatic heterocycles. The van der Waals surface area contributed by atoms with E-state index in [-0.39, 0.29) is 11.7 Å². The number of nitrogens with one attached hydrogen (secondary N) is 1. The average molecular weight is 325 g/mol. The largest absolute Gasteiger partial charge is 0.495 e. The van der Waals surface area contributed by atoms with Gasteiger partial charge < -0.3 is 25.4 Å². The number of rotatable bonds is 2. The average Bonchev–Trinajstić information content (AvgIpc) is 2.46. The molecule has 1 unspecified atom stereocenters. The molecule has 23 heavy (non-hydrogen) atoms. The quantitative estimate of drug-likeness (QED) is 0.816. The van der Waals surface area contributed by atoms with E-state index < -0.39 is 17.5 Å². The van der Waals surface area contributed by atoms with Crippen LogP contribution in [-0.2, 0) is 4.74 Å². The van der Waals surface area contributed by atoms with Crippen LogP contribution in [0.15, 0.2) is 12.1 Å². The van der Waals surface area contributed by atoms with Crippen molar-refractivity contribution in [1.82, 2.24) is 10.2 Å². The standard InChI is InChI=1S/C16H24FN3O3/c1-16(2,3)23-15(21)20-6-5-19-13(9-20)10-7-14(22-4)12(18)8-11(10)17/h7-8,13,19H,5-6,9,18H2,1-4H3. The van der Waals surface area contributed by atoms with Gasteiger partial charge in [-0.15, -0.1) is 0 Å². The Morgan fingerprint density at radius 3 is 2.74 bits per heavy atom. The molecule has 1 heterocycles. The van der Waals surface area contributed by atoms with Crippen LogP contribution in [-0.4, -0.2) is 43.3 Å². The normalized spacial score (nSPS) is 18.7. The van der Waals surface area contributed by atoms with Crippen LogP contribution in [0.2, 0.25) is 0 Å². The topological polar surface area (TPSA) is 76.8 Å². The van der Waals surface area contributed by atoms with Gasteiger partial charge in [0.1, 0.15) is 17.2 Å². The summed E-state index contributed by atoms with van der Waals surface area (Å²) in [6.07, 6.45) is -0.396. The lowest BCUT2D eigenvalue weighted by Gasteiger charge is -2.35. The molecule has 0 radical (unpaired) electrons. The predicted molar refractivity (Wildman–Crippen MR) is 85.9 cm³/mol. The first kappa shape index (κ1) is 17.3. The second-order valence-electron chi connectivity index (χ2n) is 6.55. The minimum absolute atomic E-state index is 0.244. The highest BCUT2D eigenvalue weighted by atomic mass is 19.1. The third kappa shape index (κ3) is 4.25. The molecule has 2 rings (SSSR count). The van der Waals surface area contributed by atoms with Crippen LogP contribution in [0.4, 0.5) is 14.9 Å². The maximum absolute atomic E-state index is 14.2. The van der Waals surface area contributed by atoms with Gasteiger partial charge in [-0.2, -0.15) is 0 Å². The number of hydrogen-bond donors (Lipinski definition) is 2. The molecule has 1 fully saturated rings. The molecule has 0 bridgehead atoms.